The van der Waals surface area contributed by atoms with Gasteiger partial charge < -0.3 is 9.47 Å². The number of rotatable bonds is 4. The molecule has 1 heterocycles. The molecule has 0 N–H and O–H groups in total. The Bertz CT molecular complexity index is 376. The summed E-state index contributed by atoms with van der Waals surface area (Å²) in [6.45, 7) is 7.88. The van der Waals surface area contributed by atoms with Crippen LogP contribution < -0.4 is 4.74 Å². The molecule has 1 fully saturated rings. The number of benzene rings is 1. The first kappa shape index (κ1) is 13.8. The summed E-state index contributed by atoms with van der Waals surface area (Å²) in [5.41, 5.74) is 0. The predicted octanol–water partition coefficient (Wildman–Crippen LogP) is 2.94. The highest BCUT2D eigenvalue weighted by atomic mass is 79.9. The van der Waals surface area contributed by atoms with Crippen molar-refractivity contribution < 1.29 is 9.47 Å². The Kier molecular flexibility index (Phi) is 5.03. The predicted molar refractivity (Wildman–Crippen MR) is 76.1 cm³/mol. The quantitative estimate of drug-likeness (QED) is 0.853. The Balaban J connectivity index is 1.77. The van der Waals surface area contributed by atoms with Crippen LogP contribution in [-0.4, -0.2) is 43.3 Å². The second kappa shape index (κ2) is 6.55. The molecule has 1 aromatic rings. The van der Waals surface area contributed by atoms with E-state index in [-0.39, 0.29) is 0 Å². The van der Waals surface area contributed by atoms with Gasteiger partial charge in [-0.3, -0.25) is 4.90 Å². The molecule has 2 rings (SSSR count). The number of morpholine rings is 1. The summed E-state index contributed by atoms with van der Waals surface area (Å²) in [6.07, 6.45) is 0.634. The van der Waals surface area contributed by atoms with Crippen LogP contribution in [0.25, 0.3) is 0 Å². The number of hydrogen-bond donors (Lipinski definition) is 0. The van der Waals surface area contributed by atoms with Crippen LogP contribution in [0.15, 0.2) is 28.7 Å². The summed E-state index contributed by atoms with van der Waals surface area (Å²) in [6, 6.07) is 7.95. The first-order valence-corrected chi connectivity index (χ1v) is 7.19. The van der Waals surface area contributed by atoms with Gasteiger partial charge in [0.1, 0.15) is 12.4 Å². The van der Waals surface area contributed by atoms with Crippen LogP contribution in [0.3, 0.4) is 0 Å². The van der Waals surface area contributed by atoms with Crippen molar-refractivity contribution in [1.82, 2.24) is 4.90 Å². The Morgan fingerprint density at radius 3 is 2.61 bits per heavy atom. The Morgan fingerprint density at radius 1 is 1.28 bits per heavy atom. The molecule has 1 aliphatic heterocycles. The lowest BCUT2D eigenvalue weighted by molar-refractivity contribution is -0.0699. The van der Waals surface area contributed by atoms with E-state index < -0.39 is 0 Å². The van der Waals surface area contributed by atoms with Crippen molar-refractivity contribution in [2.45, 2.75) is 26.1 Å². The van der Waals surface area contributed by atoms with Gasteiger partial charge >= 0.3 is 0 Å². The van der Waals surface area contributed by atoms with Crippen molar-refractivity contribution in [3.63, 3.8) is 0 Å². The van der Waals surface area contributed by atoms with Gasteiger partial charge in [-0.05, 0) is 41.9 Å². The third kappa shape index (κ3) is 3.97. The van der Waals surface area contributed by atoms with E-state index >= 15 is 0 Å². The molecule has 1 aromatic carbocycles. The summed E-state index contributed by atoms with van der Waals surface area (Å²) in [4.78, 5) is 2.40. The SMILES string of the molecule is C[C@@H]1CN(CCOc2ccccc2Br)C[C@H](C)O1. The highest BCUT2D eigenvalue weighted by molar-refractivity contribution is 9.10. The average molecular weight is 314 g/mol. The zero-order chi connectivity index (χ0) is 13.0. The molecule has 4 heteroatoms. The van der Waals surface area contributed by atoms with Gasteiger partial charge in [-0.15, -0.1) is 0 Å². The molecule has 0 bridgehead atoms. The van der Waals surface area contributed by atoms with Crippen LogP contribution in [0.5, 0.6) is 5.75 Å². The van der Waals surface area contributed by atoms with Gasteiger partial charge in [-0.2, -0.15) is 0 Å². The third-order valence-electron chi connectivity index (χ3n) is 3.00. The van der Waals surface area contributed by atoms with Crippen molar-refractivity contribution >= 4 is 15.9 Å². The Labute approximate surface area is 117 Å². The fourth-order valence-corrected chi connectivity index (χ4v) is 2.71. The van der Waals surface area contributed by atoms with Crippen molar-refractivity contribution in [1.29, 1.82) is 0 Å². The maximum Gasteiger partial charge on any atom is 0.133 e. The summed E-state index contributed by atoms with van der Waals surface area (Å²) in [5.74, 6) is 0.909. The minimum Gasteiger partial charge on any atom is -0.491 e. The summed E-state index contributed by atoms with van der Waals surface area (Å²) in [7, 11) is 0. The number of ether oxygens (including phenoxy) is 2. The van der Waals surface area contributed by atoms with Gasteiger partial charge in [-0.1, -0.05) is 12.1 Å². The third-order valence-corrected chi connectivity index (χ3v) is 3.65. The fraction of sp³-hybridized carbons (Fsp3) is 0.571. The first-order chi connectivity index (χ1) is 8.65. The van der Waals surface area contributed by atoms with Crippen molar-refractivity contribution in [2.24, 2.45) is 0 Å². The van der Waals surface area contributed by atoms with E-state index in [9.17, 15) is 0 Å². The number of para-hydroxylation sites is 1. The van der Waals surface area contributed by atoms with E-state index in [0.717, 1.165) is 29.9 Å². The van der Waals surface area contributed by atoms with E-state index in [0.29, 0.717) is 18.8 Å². The Hall–Kier alpha value is -0.580. The van der Waals surface area contributed by atoms with Gasteiger partial charge in [0.05, 0.1) is 16.7 Å². The molecule has 100 valence electrons. The molecule has 0 aromatic heterocycles. The highest BCUT2D eigenvalue weighted by Gasteiger charge is 2.21. The topological polar surface area (TPSA) is 21.7 Å². The van der Waals surface area contributed by atoms with E-state index in [2.05, 4.69) is 34.7 Å². The number of nitrogens with zero attached hydrogens (tertiary/aromatic N) is 1. The number of halogens is 1. The molecule has 0 amide bonds. The van der Waals surface area contributed by atoms with Crippen LogP contribution in [0, 0.1) is 0 Å². The lowest BCUT2D eigenvalue weighted by atomic mass is 10.2. The monoisotopic (exact) mass is 313 g/mol. The maximum atomic E-state index is 5.78. The highest BCUT2D eigenvalue weighted by Crippen LogP contribution is 2.23. The molecule has 18 heavy (non-hydrogen) atoms. The van der Waals surface area contributed by atoms with Gasteiger partial charge in [-0.25, -0.2) is 0 Å². The standard InChI is InChI=1S/C14H20BrNO2/c1-11-9-16(10-12(2)18-11)7-8-17-14-6-4-3-5-13(14)15/h3-6,11-12H,7-10H2,1-2H3/t11-,12+. The molecular weight excluding hydrogens is 294 g/mol. The van der Waals surface area contributed by atoms with Crippen LogP contribution in [0.4, 0.5) is 0 Å². The summed E-state index contributed by atoms with van der Waals surface area (Å²) >= 11 is 3.48. The summed E-state index contributed by atoms with van der Waals surface area (Å²) < 4.78 is 12.5. The zero-order valence-electron chi connectivity index (χ0n) is 10.9. The first-order valence-electron chi connectivity index (χ1n) is 6.40. The van der Waals surface area contributed by atoms with Crippen molar-refractivity contribution in [3.05, 3.63) is 28.7 Å². The minimum atomic E-state index is 0.317. The van der Waals surface area contributed by atoms with Crippen LogP contribution in [0.1, 0.15) is 13.8 Å². The lowest BCUT2D eigenvalue weighted by Gasteiger charge is -2.35. The van der Waals surface area contributed by atoms with E-state index in [1.807, 2.05) is 24.3 Å². The molecular formula is C14H20BrNO2. The second-order valence-electron chi connectivity index (χ2n) is 4.80. The van der Waals surface area contributed by atoms with Crippen molar-refractivity contribution in [3.8, 4) is 5.75 Å². The smallest absolute Gasteiger partial charge is 0.133 e. The van der Waals surface area contributed by atoms with Gasteiger partial charge in [0, 0.05) is 19.6 Å². The van der Waals surface area contributed by atoms with Crippen LogP contribution >= 0.6 is 15.9 Å². The maximum absolute atomic E-state index is 5.78. The molecule has 0 unspecified atom stereocenters. The fourth-order valence-electron chi connectivity index (χ4n) is 2.31. The lowest BCUT2D eigenvalue weighted by Crippen LogP contribution is -2.46. The van der Waals surface area contributed by atoms with E-state index in [1.165, 1.54) is 0 Å². The molecule has 2 atom stereocenters. The normalized spacial score (nSPS) is 25.1. The average Bonchev–Trinajstić information content (AvgIpc) is 2.30. The molecule has 0 radical (unpaired) electrons. The molecule has 0 saturated carbocycles. The largest absolute Gasteiger partial charge is 0.491 e. The van der Waals surface area contributed by atoms with E-state index in [4.69, 9.17) is 9.47 Å². The molecule has 0 spiro atoms. The molecule has 3 nitrogen and oxygen atoms in total. The van der Waals surface area contributed by atoms with E-state index in [1.54, 1.807) is 0 Å². The van der Waals surface area contributed by atoms with Gasteiger partial charge in [0.2, 0.25) is 0 Å². The zero-order valence-corrected chi connectivity index (χ0v) is 12.5. The van der Waals surface area contributed by atoms with Gasteiger partial charge in [0.15, 0.2) is 0 Å². The van der Waals surface area contributed by atoms with Crippen molar-refractivity contribution in [2.75, 3.05) is 26.2 Å². The van der Waals surface area contributed by atoms with Crippen LogP contribution in [-0.2, 0) is 4.74 Å². The molecule has 0 aliphatic carbocycles. The Morgan fingerprint density at radius 2 is 1.94 bits per heavy atom. The summed E-state index contributed by atoms with van der Waals surface area (Å²) in [5, 5.41) is 0. The van der Waals surface area contributed by atoms with Crippen LogP contribution in [0.2, 0.25) is 0 Å². The minimum absolute atomic E-state index is 0.317. The molecule has 1 saturated heterocycles. The van der Waals surface area contributed by atoms with Gasteiger partial charge in [0.25, 0.3) is 0 Å². The second-order valence-corrected chi connectivity index (χ2v) is 5.65. The number of hydrogen-bond acceptors (Lipinski definition) is 3. The molecule has 1 aliphatic rings.